The maximum Gasteiger partial charge on any atom is 0.433 e. The molecule has 4 rings (SSSR count). The molecule has 2 saturated heterocycles. The van der Waals surface area contributed by atoms with Gasteiger partial charge in [-0.05, 0) is 56.7 Å². The molecule has 0 radical (unpaired) electrons. The second-order valence-corrected chi connectivity index (χ2v) is 11.6. The van der Waals surface area contributed by atoms with Crippen LogP contribution in [0.2, 0.25) is 0 Å². The average Bonchev–Trinajstić information content (AvgIpc) is 3.32. The number of alkyl halides is 3. The molecule has 1 spiro atoms. The number of anilines is 1. The highest BCUT2D eigenvalue weighted by atomic mass is 19.4. The van der Waals surface area contributed by atoms with Crippen LogP contribution in [-0.4, -0.2) is 77.7 Å². The van der Waals surface area contributed by atoms with Gasteiger partial charge in [0.15, 0.2) is 0 Å². The predicted octanol–water partition coefficient (Wildman–Crippen LogP) is 5.37. The topological polar surface area (TPSA) is 48.9 Å². The number of ether oxygens (including phenoxy) is 1. The van der Waals surface area contributed by atoms with E-state index in [1.54, 1.807) is 6.92 Å². The molecule has 1 aromatic rings. The molecule has 3 fully saturated rings. The number of nitrogens with zero attached hydrogens (tertiary/aromatic N) is 4. The highest BCUT2D eigenvalue weighted by Crippen LogP contribution is 2.46. The number of pyridine rings is 1. The summed E-state index contributed by atoms with van der Waals surface area (Å²) >= 11 is 0. The zero-order chi connectivity index (χ0) is 26.7. The number of carbonyl (C=O) groups excluding carboxylic acids is 1. The molecular formula is C28H43F3N4O2. The van der Waals surface area contributed by atoms with E-state index >= 15 is 0 Å². The highest BCUT2D eigenvalue weighted by Gasteiger charge is 2.51. The molecule has 1 atom stereocenters. The van der Waals surface area contributed by atoms with Crippen LogP contribution < -0.4 is 4.90 Å². The third kappa shape index (κ3) is 6.66. The lowest BCUT2D eigenvalue weighted by Gasteiger charge is -2.55. The second kappa shape index (κ2) is 11.6. The Balaban J connectivity index is 1.63. The van der Waals surface area contributed by atoms with Crippen molar-refractivity contribution >= 4 is 11.7 Å². The standard InChI is InChI=1S/C28H43F3N4O2/c1-4-25(36)35(24-9-7-8-23(32-24)28(29,30)31)21-26(13-19-37-27(20-26)11-5-6-12-27)34-17-15-33(16-18-34)14-10-22(2)3/h7-9,22H,4-6,10-21H2,1-3H3. The molecule has 1 amide bonds. The monoisotopic (exact) mass is 524 g/mol. The maximum atomic E-state index is 13.5. The summed E-state index contributed by atoms with van der Waals surface area (Å²) in [5.74, 6) is 0.549. The molecular weight excluding hydrogens is 481 g/mol. The first kappa shape index (κ1) is 28.3. The van der Waals surface area contributed by atoms with Gasteiger partial charge in [0, 0.05) is 51.3 Å². The molecule has 1 aliphatic carbocycles. The summed E-state index contributed by atoms with van der Waals surface area (Å²) in [5.41, 5.74) is -1.52. The fraction of sp³-hybridized carbons (Fsp3) is 0.786. The van der Waals surface area contributed by atoms with Crippen molar-refractivity contribution < 1.29 is 22.7 Å². The molecule has 0 aromatic carbocycles. The Kier molecular flexibility index (Phi) is 8.86. The van der Waals surface area contributed by atoms with E-state index in [9.17, 15) is 18.0 Å². The van der Waals surface area contributed by atoms with Crippen LogP contribution in [0.4, 0.5) is 19.0 Å². The molecule has 1 aromatic heterocycles. The van der Waals surface area contributed by atoms with Gasteiger partial charge in [-0.1, -0.05) is 39.7 Å². The van der Waals surface area contributed by atoms with Crippen molar-refractivity contribution in [2.75, 3.05) is 50.8 Å². The predicted molar refractivity (Wildman–Crippen MR) is 138 cm³/mol. The summed E-state index contributed by atoms with van der Waals surface area (Å²) in [6.45, 7) is 12.0. The van der Waals surface area contributed by atoms with Crippen LogP contribution in [0.5, 0.6) is 0 Å². The number of aromatic nitrogens is 1. The highest BCUT2D eigenvalue weighted by molar-refractivity contribution is 5.92. The van der Waals surface area contributed by atoms with Crippen molar-refractivity contribution in [1.29, 1.82) is 0 Å². The summed E-state index contributed by atoms with van der Waals surface area (Å²) in [7, 11) is 0. The van der Waals surface area contributed by atoms with E-state index in [2.05, 4.69) is 28.6 Å². The molecule has 2 aliphatic heterocycles. The molecule has 1 saturated carbocycles. The van der Waals surface area contributed by atoms with E-state index in [1.165, 1.54) is 23.5 Å². The number of rotatable bonds is 8. The largest absolute Gasteiger partial charge is 0.433 e. The number of hydrogen-bond donors (Lipinski definition) is 0. The van der Waals surface area contributed by atoms with Crippen molar-refractivity contribution in [3.63, 3.8) is 0 Å². The van der Waals surface area contributed by atoms with Crippen LogP contribution in [-0.2, 0) is 15.7 Å². The minimum atomic E-state index is -4.56. The Morgan fingerprint density at radius 3 is 2.46 bits per heavy atom. The van der Waals surface area contributed by atoms with Gasteiger partial charge in [0.1, 0.15) is 11.5 Å². The first-order chi connectivity index (χ1) is 17.6. The summed E-state index contributed by atoms with van der Waals surface area (Å²) < 4.78 is 46.9. The van der Waals surface area contributed by atoms with E-state index in [4.69, 9.17) is 4.74 Å². The summed E-state index contributed by atoms with van der Waals surface area (Å²) in [5, 5.41) is 0. The van der Waals surface area contributed by atoms with E-state index in [-0.39, 0.29) is 29.3 Å². The summed E-state index contributed by atoms with van der Waals surface area (Å²) in [6, 6.07) is 3.85. The molecule has 9 heteroatoms. The lowest BCUT2D eigenvalue weighted by Crippen LogP contribution is -2.66. The summed E-state index contributed by atoms with van der Waals surface area (Å²) in [4.78, 5) is 23.7. The van der Waals surface area contributed by atoms with Crippen molar-refractivity contribution in [3.8, 4) is 0 Å². The van der Waals surface area contributed by atoms with Gasteiger partial charge in [-0.3, -0.25) is 14.6 Å². The Hall–Kier alpha value is -1.71. The zero-order valence-electron chi connectivity index (χ0n) is 22.7. The third-order valence-electron chi connectivity index (χ3n) is 8.56. The average molecular weight is 525 g/mol. The van der Waals surface area contributed by atoms with E-state index in [0.29, 0.717) is 19.1 Å². The van der Waals surface area contributed by atoms with Crippen LogP contribution >= 0.6 is 0 Å². The number of piperazine rings is 1. The van der Waals surface area contributed by atoms with E-state index in [0.717, 1.165) is 77.3 Å². The fourth-order valence-corrected chi connectivity index (χ4v) is 6.44. The Bertz CT molecular complexity index is 911. The third-order valence-corrected chi connectivity index (χ3v) is 8.56. The molecule has 0 N–H and O–H groups in total. The van der Waals surface area contributed by atoms with Crippen LogP contribution in [0, 0.1) is 5.92 Å². The minimum Gasteiger partial charge on any atom is -0.375 e. The quantitative estimate of drug-likeness (QED) is 0.458. The normalized spacial score (nSPS) is 25.2. The van der Waals surface area contributed by atoms with Crippen LogP contribution in [0.1, 0.15) is 77.8 Å². The van der Waals surface area contributed by atoms with Crippen molar-refractivity contribution in [3.05, 3.63) is 23.9 Å². The van der Waals surface area contributed by atoms with E-state index < -0.39 is 11.9 Å². The zero-order valence-corrected chi connectivity index (χ0v) is 22.7. The van der Waals surface area contributed by atoms with Gasteiger partial charge in [0.2, 0.25) is 5.91 Å². The number of hydrogen-bond acceptors (Lipinski definition) is 5. The lowest BCUT2D eigenvalue weighted by molar-refractivity contribution is -0.142. The SMILES string of the molecule is CCC(=O)N(CC1(N2CCN(CCC(C)C)CC2)CCOC2(CCCC2)C1)c1cccc(C(F)(F)F)n1. The number of halogens is 3. The maximum absolute atomic E-state index is 13.5. The van der Waals surface area contributed by atoms with Crippen molar-refractivity contribution in [1.82, 2.24) is 14.8 Å². The molecule has 3 aliphatic rings. The first-order valence-corrected chi connectivity index (χ1v) is 14.0. The Morgan fingerprint density at radius 2 is 1.84 bits per heavy atom. The van der Waals surface area contributed by atoms with Gasteiger partial charge in [-0.2, -0.15) is 13.2 Å². The molecule has 37 heavy (non-hydrogen) atoms. The van der Waals surface area contributed by atoms with Crippen molar-refractivity contribution in [2.45, 2.75) is 89.5 Å². The smallest absolute Gasteiger partial charge is 0.375 e. The van der Waals surface area contributed by atoms with E-state index in [1.807, 2.05) is 0 Å². The molecule has 208 valence electrons. The fourth-order valence-electron chi connectivity index (χ4n) is 6.44. The number of amides is 1. The van der Waals surface area contributed by atoms with Gasteiger partial charge < -0.3 is 9.64 Å². The van der Waals surface area contributed by atoms with Gasteiger partial charge in [-0.25, -0.2) is 4.98 Å². The molecule has 3 heterocycles. The van der Waals surface area contributed by atoms with Crippen molar-refractivity contribution in [2.24, 2.45) is 5.92 Å². The van der Waals surface area contributed by atoms with Gasteiger partial charge in [0.05, 0.1) is 5.60 Å². The first-order valence-electron chi connectivity index (χ1n) is 14.0. The Morgan fingerprint density at radius 1 is 1.14 bits per heavy atom. The van der Waals surface area contributed by atoms with Crippen LogP contribution in [0.25, 0.3) is 0 Å². The number of carbonyl (C=O) groups is 1. The van der Waals surface area contributed by atoms with Crippen LogP contribution in [0.3, 0.4) is 0 Å². The lowest BCUT2D eigenvalue weighted by atomic mass is 9.76. The van der Waals surface area contributed by atoms with Gasteiger partial charge in [-0.15, -0.1) is 0 Å². The minimum absolute atomic E-state index is 0.0867. The molecule has 1 unspecified atom stereocenters. The Labute approximate surface area is 219 Å². The second-order valence-electron chi connectivity index (χ2n) is 11.6. The summed E-state index contributed by atoms with van der Waals surface area (Å²) in [6.07, 6.45) is 2.65. The molecule has 6 nitrogen and oxygen atoms in total. The van der Waals surface area contributed by atoms with Gasteiger partial charge in [0.25, 0.3) is 0 Å². The molecule has 0 bridgehead atoms. The van der Waals surface area contributed by atoms with Gasteiger partial charge >= 0.3 is 6.18 Å². The van der Waals surface area contributed by atoms with Crippen LogP contribution in [0.15, 0.2) is 18.2 Å².